The minimum absolute atomic E-state index is 0.0424. The first-order chi connectivity index (χ1) is 14.7. The number of aliphatic hydroxyl groups excluding tert-OH is 1. The number of rotatable bonds is 12. The lowest BCUT2D eigenvalue weighted by Gasteiger charge is -2.19. The van der Waals surface area contributed by atoms with Crippen molar-refractivity contribution in [3.63, 3.8) is 0 Å². The molecule has 0 aliphatic heterocycles. The van der Waals surface area contributed by atoms with Gasteiger partial charge in [0.05, 0.1) is 11.7 Å². The van der Waals surface area contributed by atoms with Crippen molar-refractivity contribution in [2.24, 2.45) is 5.92 Å². The van der Waals surface area contributed by atoms with Crippen molar-refractivity contribution in [2.45, 2.75) is 56.1 Å². The molecule has 0 spiro atoms. The second kappa shape index (κ2) is 12.1. The van der Waals surface area contributed by atoms with Gasteiger partial charge >= 0.3 is 12.1 Å². The molecule has 0 saturated heterocycles. The molecule has 0 radical (unpaired) electrons. The highest BCUT2D eigenvalue weighted by Crippen LogP contribution is 2.35. The van der Waals surface area contributed by atoms with Crippen molar-refractivity contribution in [3.8, 4) is 5.75 Å². The van der Waals surface area contributed by atoms with Crippen LogP contribution in [0.25, 0.3) is 0 Å². The summed E-state index contributed by atoms with van der Waals surface area (Å²) in [6.07, 6.45) is 1.60. The Balaban J connectivity index is 1.74. The summed E-state index contributed by atoms with van der Waals surface area (Å²) in [6.45, 7) is -0.136. The maximum atomic E-state index is 12.7. The lowest BCUT2D eigenvalue weighted by atomic mass is 10.0. The molecule has 1 aromatic carbocycles. The molecule has 2 N–H and O–H groups in total. The van der Waals surface area contributed by atoms with Crippen LogP contribution >= 0.6 is 11.8 Å². The van der Waals surface area contributed by atoms with Crippen LogP contribution in [0.3, 0.4) is 0 Å². The van der Waals surface area contributed by atoms with Crippen LogP contribution in [0.4, 0.5) is 13.2 Å². The van der Waals surface area contributed by atoms with E-state index in [0.717, 1.165) is 18.6 Å². The van der Waals surface area contributed by atoms with Crippen LogP contribution in [0.5, 0.6) is 5.75 Å². The van der Waals surface area contributed by atoms with Gasteiger partial charge in [-0.25, -0.2) is 0 Å². The van der Waals surface area contributed by atoms with Crippen LogP contribution in [0.15, 0.2) is 36.4 Å². The number of allylic oxidation sites excluding steroid dienone is 2. The number of alkyl halides is 3. The fourth-order valence-corrected chi connectivity index (χ4v) is 4.68. The average molecular weight is 461 g/mol. The summed E-state index contributed by atoms with van der Waals surface area (Å²) in [6, 6.07) is 4.51. The monoisotopic (exact) mass is 460 g/mol. The van der Waals surface area contributed by atoms with Gasteiger partial charge in [0.1, 0.15) is 18.1 Å². The van der Waals surface area contributed by atoms with Crippen LogP contribution in [0.1, 0.15) is 44.1 Å². The molecule has 9 heteroatoms. The average Bonchev–Trinajstić information content (AvgIpc) is 3.06. The maximum absolute atomic E-state index is 12.7. The van der Waals surface area contributed by atoms with Gasteiger partial charge in [-0.2, -0.15) is 24.9 Å². The Bertz CT molecular complexity index is 766. The molecule has 1 aliphatic rings. The third kappa shape index (κ3) is 8.95. The molecule has 2 rings (SSSR count). The van der Waals surface area contributed by atoms with Crippen molar-refractivity contribution < 1.29 is 37.7 Å². The number of carbonyl (C=O) groups is 2. The molecule has 1 aromatic rings. The van der Waals surface area contributed by atoms with Crippen LogP contribution < -0.4 is 4.74 Å². The first-order valence-electron chi connectivity index (χ1n) is 10.2. The van der Waals surface area contributed by atoms with Crippen molar-refractivity contribution in [1.82, 2.24) is 0 Å². The Morgan fingerprint density at radius 3 is 2.81 bits per heavy atom. The Kier molecular flexibility index (Phi) is 9.90. The van der Waals surface area contributed by atoms with E-state index in [1.165, 1.54) is 23.9 Å². The second-order valence-electron chi connectivity index (χ2n) is 7.47. The number of halogens is 3. The zero-order valence-electron chi connectivity index (χ0n) is 17.0. The van der Waals surface area contributed by atoms with Crippen LogP contribution in [0, 0.1) is 5.92 Å². The zero-order chi connectivity index (χ0) is 22.9. The van der Waals surface area contributed by atoms with Crippen molar-refractivity contribution in [1.29, 1.82) is 0 Å². The number of carbonyl (C=O) groups excluding carboxylic acids is 1. The fourth-order valence-electron chi connectivity index (χ4n) is 3.33. The third-order valence-corrected chi connectivity index (χ3v) is 6.53. The molecule has 0 aromatic heterocycles. The SMILES string of the molecule is O=C(O)CCC/C=C\C[C@H]1C(=O)CC[C@@H]1SC[C@@H](O)COc1cccc(C(F)(F)F)c1. The molecule has 1 saturated carbocycles. The number of Topliss-reactive ketones (excluding diaryl/α,β-unsaturated/α-hetero) is 1. The fraction of sp³-hybridized carbons (Fsp3) is 0.545. The predicted octanol–water partition coefficient (Wildman–Crippen LogP) is 4.73. The van der Waals surface area contributed by atoms with E-state index in [9.17, 15) is 27.9 Å². The van der Waals surface area contributed by atoms with Crippen molar-refractivity contribution in [2.75, 3.05) is 12.4 Å². The van der Waals surface area contributed by atoms with Gasteiger partial charge in [0.25, 0.3) is 0 Å². The molecular weight excluding hydrogens is 433 g/mol. The number of benzene rings is 1. The number of aliphatic hydroxyl groups is 1. The number of ether oxygens (including phenoxy) is 1. The maximum Gasteiger partial charge on any atom is 0.416 e. The van der Waals surface area contributed by atoms with E-state index < -0.39 is 23.8 Å². The summed E-state index contributed by atoms with van der Waals surface area (Å²) in [7, 11) is 0. The number of ketones is 1. The van der Waals surface area contributed by atoms with E-state index in [0.29, 0.717) is 31.4 Å². The lowest BCUT2D eigenvalue weighted by molar-refractivity contribution is -0.138. The topological polar surface area (TPSA) is 83.8 Å². The molecule has 5 nitrogen and oxygen atoms in total. The molecule has 0 unspecified atom stereocenters. The van der Waals surface area contributed by atoms with E-state index >= 15 is 0 Å². The predicted molar refractivity (Wildman–Crippen MR) is 112 cm³/mol. The minimum Gasteiger partial charge on any atom is -0.491 e. The van der Waals surface area contributed by atoms with Crippen molar-refractivity contribution in [3.05, 3.63) is 42.0 Å². The first kappa shape index (κ1) is 25.3. The van der Waals surface area contributed by atoms with Crippen LogP contribution in [-0.2, 0) is 15.8 Å². The number of hydrogen-bond donors (Lipinski definition) is 2. The molecule has 1 aliphatic carbocycles. The third-order valence-electron chi connectivity index (χ3n) is 4.96. The first-order valence-corrected chi connectivity index (χ1v) is 11.2. The van der Waals surface area contributed by atoms with Gasteiger partial charge in [0.2, 0.25) is 0 Å². The Morgan fingerprint density at radius 2 is 2.10 bits per heavy atom. The molecule has 0 heterocycles. The molecule has 0 amide bonds. The Hall–Kier alpha value is -2.00. The highest BCUT2D eigenvalue weighted by molar-refractivity contribution is 8.00. The van der Waals surface area contributed by atoms with E-state index in [-0.39, 0.29) is 35.7 Å². The van der Waals surface area contributed by atoms with Gasteiger partial charge < -0.3 is 14.9 Å². The molecule has 3 atom stereocenters. The Labute approximate surface area is 183 Å². The largest absolute Gasteiger partial charge is 0.491 e. The number of hydrogen-bond acceptors (Lipinski definition) is 5. The van der Waals surface area contributed by atoms with Crippen molar-refractivity contribution >= 4 is 23.5 Å². The van der Waals surface area contributed by atoms with Gasteiger partial charge in [-0.05, 0) is 43.9 Å². The number of aliphatic carboxylic acids is 1. The highest BCUT2D eigenvalue weighted by Gasteiger charge is 2.34. The summed E-state index contributed by atoms with van der Waals surface area (Å²) in [5, 5.41) is 18.8. The number of carboxylic acid groups (broad SMARTS) is 1. The molecule has 1 fully saturated rings. The smallest absolute Gasteiger partial charge is 0.416 e. The second-order valence-corrected chi connectivity index (χ2v) is 8.74. The lowest BCUT2D eigenvalue weighted by Crippen LogP contribution is -2.23. The molecule has 31 heavy (non-hydrogen) atoms. The van der Waals surface area contributed by atoms with Gasteiger partial charge in [-0.1, -0.05) is 18.2 Å². The molecule has 172 valence electrons. The number of thioether (sulfide) groups is 1. The normalized spacial score (nSPS) is 20.3. The van der Waals surface area contributed by atoms with Gasteiger partial charge in [-0.3, -0.25) is 9.59 Å². The number of unbranched alkanes of at least 4 members (excludes halogenated alkanes) is 1. The van der Waals surface area contributed by atoms with Gasteiger partial charge in [0, 0.05) is 29.8 Å². The summed E-state index contributed by atoms with van der Waals surface area (Å²) < 4.78 is 43.5. The highest BCUT2D eigenvalue weighted by atomic mass is 32.2. The summed E-state index contributed by atoms with van der Waals surface area (Å²) in [5.41, 5.74) is -0.808. The standard InChI is InChI=1S/C22H27F3O5S/c23-22(24,25)15-6-5-7-17(12-15)30-13-16(26)14-31-20-11-10-19(27)18(20)8-3-1-2-4-9-21(28)29/h1,3,5-7,12,16,18,20,26H,2,4,8-11,13-14H2,(H,28,29)/b3-1-/t16-,18-,20-/m0/s1. The van der Waals surface area contributed by atoms with E-state index in [1.807, 2.05) is 12.2 Å². The van der Waals surface area contributed by atoms with Crippen LogP contribution in [0.2, 0.25) is 0 Å². The molecular formula is C22H27F3O5S. The number of carboxylic acids is 1. The van der Waals surface area contributed by atoms with E-state index in [4.69, 9.17) is 9.84 Å². The molecule has 0 bridgehead atoms. The summed E-state index contributed by atoms with van der Waals surface area (Å²) in [4.78, 5) is 22.6. The minimum atomic E-state index is -4.46. The van der Waals surface area contributed by atoms with Gasteiger partial charge in [-0.15, -0.1) is 0 Å². The quantitative estimate of drug-likeness (QED) is 0.347. The summed E-state index contributed by atoms with van der Waals surface area (Å²) in [5.74, 6) is -0.428. The summed E-state index contributed by atoms with van der Waals surface area (Å²) >= 11 is 1.48. The van der Waals surface area contributed by atoms with E-state index in [1.54, 1.807) is 0 Å². The van der Waals surface area contributed by atoms with Crippen LogP contribution in [-0.4, -0.2) is 45.7 Å². The van der Waals surface area contributed by atoms with Gasteiger partial charge in [0.15, 0.2) is 0 Å². The zero-order valence-corrected chi connectivity index (χ0v) is 17.8. The Morgan fingerprint density at radius 1 is 1.32 bits per heavy atom. The van der Waals surface area contributed by atoms with E-state index in [2.05, 4.69) is 0 Å².